The van der Waals surface area contributed by atoms with Crippen LogP contribution in [0.15, 0.2) is 30.3 Å². The molecule has 0 unspecified atom stereocenters. The van der Waals surface area contributed by atoms with Gasteiger partial charge in [0.05, 0.1) is 5.41 Å². The Bertz CT molecular complexity index is 918. The van der Waals surface area contributed by atoms with Gasteiger partial charge in [-0.3, -0.25) is 4.79 Å². The van der Waals surface area contributed by atoms with Gasteiger partial charge in [-0.1, -0.05) is 30.2 Å². The summed E-state index contributed by atoms with van der Waals surface area (Å²) in [5.74, 6) is 1.77. The Hall–Kier alpha value is -2.34. The highest BCUT2D eigenvalue weighted by Gasteiger charge is 2.46. The average molecular weight is 442 g/mol. The summed E-state index contributed by atoms with van der Waals surface area (Å²) >= 11 is 6.04. The first-order chi connectivity index (χ1) is 14.9. The van der Waals surface area contributed by atoms with E-state index in [1.807, 2.05) is 56.3 Å². The molecule has 0 aliphatic heterocycles. The molecule has 7 heteroatoms. The zero-order valence-electron chi connectivity index (χ0n) is 18.6. The SMILES string of the molecule is Cc1cc(N(C)C)nc(N[C@H]2CC[C@@H](NC(=O)C3(c4ccc(Cl)cc4)CCC3)CC2)n1. The number of aryl methyl sites for hydroxylation is 1. The number of amides is 1. The van der Waals surface area contributed by atoms with Crippen LogP contribution in [0.4, 0.5) is 11.8 Å². The summed E-state index contributed by atoms with van der Waals surface area (Å²) < 4.78 is 0. The van der Waals surface area contributed by atoms with Gasteiger partial charge in [-0.25, -0.2) is 4.98 Å². The fourth-order valence-electron chi connectivity index (χ4n) is 4.68. The van der Waals surface area contributed by atoms with Gasteiger partial charge in [-0.2, -0.15) is 4.98 Å². The van der Waals surface area contributed by atoms with Crippen LogP contribution in [0.2, 0.25) is 5.02 Å². The summed E-state index contributed by atoms with van der Waals surface area (Å²) in [5.41, 5.74) is 1.66. The van der Waals surface area contributed by atoms with E-state index in [2.05, 4.69) is 20.6 Å². The number of benzene rings is 1. The molecule has 0 bridgehead atoms. The lowest BCUT2D eigenvalue weighted by atomic mass is 9.63. The first-order valence-electron chi connectivity index (χ1n) is 11.2. The molecule has 2 fully saturated rings. The zero-order chi connectivity index (χ0) is 22.0. The van der Waals surface area contributed by atoms with E-state index >= 15 is 0 Å². The summed E-state index contributed by atoms with van der Waals surface area (Å²) in [4.78, 5) is 24.4. The largest absolute Gasteiger partial charge is 0.363 e. The van der Waals surface area contributed by atoms with Crippen molar-refractivity contribution in [2.24, 2.45) is 0 Å². The molecule has 2 N–H and O–H groups in total. The van der Waals surface area contributed by atoms with E-state index in [4.69, 9.17) is 11.6 Å². The maximum atomic E-state index is 13.2. The second-order valence-electron chi connectivity index (χ2n) is 9.19. The lowest BCUT2D eigenvalue weighted by Crippen LogP contribution is -2.53. The molecule has 1 aromatic carbocycles. The molecule has 0 spiro atoms. The highest BCUT2D eigenvalue weighted by Crippen LogP contribution is 2.44. The van der Waals surface area contributed by atoms with Crippen molar-refractivity contribution in [1.29, 1.82) is 0 Å². The van der Waals surface area contributed by atoms with Gasteiger partial charge in [-0.05, 0) is 63.1 Å². The third kappa shape index (κ3) is 4.79. The second-order valence-corrected chi connectivity index (χ2v) is 9.63. The molecule has 1 amide bonds. The Kier molecular flexibility index (Phi) is 6.37. The Balaban J connectivity index is 1.33. The highest BCUT2D eigenvalue weighted by atomic mass is 35.5. The summed E-state index contributed by atoms with van der Waals surface area (Å²) in [6.45, 7) is 1.99. The van der Waals surface area contributed by atoms with Crippen LogP contribution in [0, 0.1) is 6.92 Å². The molecule has 1 heterocycles. The molecule has 166 valence electrons. The Morgan fingerprint density at radius 3 is 2.29 bits per heavy atom. The number of hydrogen-bond donors (Lipinski definition) is 2. The third-order valence-electron chi connectivity index (χ3n) is 6.73. The number of aromatic nitrogens is 2. The number of hydrogen-bond acceptors (Lipinski definition) is 5. The number of nitrogens with zero attached hydrogens (tertiary/aromatic N) is 3. The minimum atomic E-state index is -0.377. The van der Waals surface area contributed by atoms with Crippen LogP contribution < -0.4 is 15.5 Å². The summed E-state index contributed by atoms with van der Waals surface area (Å²) in [6, 6.07) is 10.3. The molecule has 2 saturated carbocycles. The van der Waals surface area contributed by atoms with Crippen molar-refractivity contribution in [3.8, 4) is 0 Å². The Morgan fingerprint density at radius 1 is 1.06 bits per heavy atom. The van der Waals surface area contributed by atoms with Crippen LogP contribution in [-0.4, -0.2) is 42.1 Å². The van der Waals surface area contributed by atoms with Crippen LogP contribution in [0.1, 0.15) is 56.2 Å². The van der Waals surface area contributed by atoms with Crippen LogP contribution in [0.5, 0.6) is 0 Å². The number of nitrogens with one attached hydrogen (secondary N) is 2. The molecule has 2 aromatic rings. The molecule has 4 rings (SSSR count). The van der Waals surface area contributed by atoms with Crippen LogP contribution >= 0.6 is 11.6 Å². The monoisotopic (exact) mass is 441 g/mol. The van der Waals surface area contributed by atoms with Gasteiger partial charge >= 0.3 is 0 Å². The van der Waals surface area contributed by atoms with E-state index in [0.717, 1.165) is 62.0 Å². The first kappa shape index (κ1) is 21.9. The summed E-state index contributed by atoms with van der Waals surface area (Å²) in [6.07, 6.45) is 6.84. The van der Waals surface area contributed by atoms with E-state index in [-0.39, 0.29) is 17.4 Å². The fraction of sp³-hybridized carbons (Fsp3) is 0.542. The number of rotatable bonds is 6. The average Bonchev–Trinajstić information content (AvgIpc) is 2.69. The van der Waals surface area contributed by atoms with Gasteiger partial charge in [0.25, 0.3) is 0 Å². The molecule has 31 heavy (non-hydrogen) atoms. The van der Waals surface area contributed by atoms with Gasteiger partial charge in [0.2, 0.25) is 11.9 Å². The molecule has 0 atom stereocenters. The smallest absolute Gasteiger partial charge is 0.230 e. The topological polar surface area (TPSA) is 70.2 Å². The second kappa shape index (κ2) is 9.03. The van der Waals surface area contributed by atoms with Gasteiger partial charge in [0.1, 0.15) is 5.82 Å². The quantitative estimate of drug-likeness (QED) is 0.692. The fourth-order valence-corrected chi connectivity index (χ4v) is 4.81. The van der Waals surface area contributed by atoms with E-state index in [0.29, 0.717) is 17.0 Å². The van der Waals surface area contributed by atoms with Crippen molar-refractivity contribution in [3.63, 3.8) is 0 Å². The molecule has 2 aliphatic carbocycles. The number of anilines is 2. The highest BCUT2D eigenvalue weighted by molar-refractivity contribution is 6.30. The van der Waals surface area contributed by atoms with Crippen molar-refractivity contribution in [2.75, 3.05) is 24.3 Å². The van der Waals surface area contributed by atoms with E-state index in [1.165, 1.54) is 0 Å². The molecular formula is C24H32ClN5O. The zero-order valence-corrected chi connectivity index (χ0v) is 19.4. The van der Waals surface area contributed by atoms with Crippen molar-refractivity contribution < 1.29 is 4.79 Å². The third-order valence-corrected chi connectivity index (χ3v) is 6.99. The van der Waals surface area contributed by atoms with Crippen molar-refractivity contribution in [3.05, 3.63) is 46.6 Å². The van der Waals surface area contributed by atoms with Gasteiger partial charge in [0, 0.05) is 43.0 Å². The van der Waals surface area contributed by atoms with Crippen LogP contribution in [-0.2, 0) is 10.2 Å². The maximum Gasteiger partial charge on any atom is 0.230 e. The van der Waals surface area contributed by atoms with E-state index in [1.54, 1.807) is 0 Å². The van der Waals surface area contributed by atoms with Gasteiger partial charge in [-0.15, -0.1) is 0 Å². The number of halogens is 1. The lowest BCUT2D eigenvalue weighted by Gasteiger charge is -2.42. The normalized spacial score (nSPS) is 22.3. The molecule has 0 radical (unpaired) electrons. The Morgan fingerprint density at radius 2 is 1.71 bits per heavy atom. The van der Waals surface area contributed by atoms with Crippen molar-refractivity contribution in [1.82, 2.24) is 15.3 Å². The molecule has 1 aromatic heterocycles. The molecule has 6 nitrogen and oxygen atoms in total. The number of carbonyl (C=O) groups is 1. The minimum Gasteiger partial charge on any atom is -0.363 e. The molecular weight excluding hydrogens is 410 g/mol. The van der Waals surface area contributed by atoms with Crippen LogP contribution in [0.3, 0.4) is 0 Å². The molecule has 0 saturated heterocycles. The van der Waals surface area contributed by atoms with Crippen molar-refractivity contribution >= 4 is 29.3 Å². The van der Waals surface area contributed by atoms with Crippen molar-refractivity contribution in [2.45, 2.75) is 69.4 Å². The van der Waals surface area contributed by atoms with E-state index in [9.17, 15) is 4.79 Å². The molecule has 2 aliphatic rings. The standard InChI is InChI=1S/C24H32ClN5O/c1-16-15-21(30(2)3)29-23(26-16)28-20-11-9-19(10-12-20)27-22(31)24(13-4-14-24)17-5-7-18(25)8-6-17/h5-8,15,19-20H,4,9-14H2,1-3H3,(H,27,31)(H,26,28,29)/t19-,20+. The Labute approximate surface area is 189 Å². The summed E-state index contributed by atoms with van der Waals surface area (Å²) in [5, 5.41) is 7.56. The van der Waals surface area contributed by atoms with Gasteiger partial charge < -0.3 is 15.5 Å². The number of carbonyl (C=O) groups excluding carboxylic acids is 1. The maximum absolute atomic E-state index is 13.2. The first-order valence-corrected chi connectivity index (χ1v) is 11.6. The summed E-state index contributed by atoms with van der Waals surface area (Å²) in [7, 11) is 3.97. The minimum absolute atomic E-state index is 0.176. The predicted octanol–water partition coefficient (Wildman–Crippen LogP) is 4.47. The predicted molar refractivity (Wildman–Crippen MR) is 126 cm³/mol. The van der Waals surface area contributed by atoms with Crippen LogP contribution in [0.25, 0.3) is 0 Å². The lowest BCUT2D eigenvalue weighted by molar-refractivity contribution is -0.130. The van der Waals surface area contributed by atoms with Gasteiger partial charge in [0.15, 0.2) is 0 Å². The van der Waals surface area contributed by atoms with E-state index < -0.39 is 0 Å².